The van der Waals surface area contributed by atoms with Crippen LogP contribution in [-0.4, -0.2) is 48.1 Å². The highest BCUT2D eigenvalue weighted by atomic mass is 16.5. The van der Waals surface area contributed by atoms with Crippen LogP contribution in [0.2, 0.25) is 0 Å². The van der Waals surface area contributed by atoms with Crippen molar-refractivity contribution in [2.45, 2.75) is 51.6 Å². The summed E-state index contributed by atoms with van der Waals surface area (Å²) in [4.78, 5) is 38.7. The summed E-state index contributed by atoms with van der Waals surface area (Å²) in [6.07, 6.45) is 2.60. The predicted octanol–water partition coefficient (Wildman–Crippen LogP) is 6.14. The van der Waals surface area contributed by atoms with Crippen LogP contribution < -0.4 is 20.7 Å². The zero-order chi connectivity index (χ0) is 30.1. The first-order chi connectivity index (χ1) is 20.2. The molecule has 0 radical (unpaired) electrons. The number of carboxylic acid groups (broad SMARTS) is 1. The number of rotatable bonds is 11. The number of anilines is 2. The minimum Gasteiger partial charge on any atom is -0.495 e. The molecule has 4 N–H and O–H groups in total. The number of methoxy groups -OCH3 is 1. The number of nitrogens with zero attached hydrogens (tertiary/aromatic N) is 1. The molecular formula is C33H40N4O5. The molecule has 0 aromatic heterocycles. The smallest absolute Gasteiger partial charge is 0.323 e. The van der Waals surface area contributed by atoms with Gasteiger partial charge in [-0.2, -0.15) is 0 Å². The third kappa shape index (κ3) is 8.33. The average molecular weight is 573 g/mol. The molecule has 9 nitrogen and oxygen atoms in total. The second kappa shape index (κ2) is 14.5. The Labute approximate surface area is 247 Å². The number of ether oxygens (including phenoxy) is 1. The lowest BCUT2D eigenvalue weighted by atomic mass is 9.86. The van der Waals surface area contributed by atoms with Crippen LogP contribution in [0.1, 0.15) is 61.4 Å². The molecule has 9 heteroatoms. The summed E-state index contributed by atoms with van der Waals surface area (Å²) in [5, 5.41) is 18.4. The number of piperidine rings is 1. The fourth-order valence-electron chi connectivity index (χ4n) is 5.67. The van der Waals surface area contributed by atoms with Crippen LogP contribution in [0.4, 0.5) is 16.2 Å². The van der Waals surface area contributed by atoms with Gasteiger partial charge in [-0.05, 0) is 80.1 Å². The van der Waals surface area contributed by atoms with Crippen LogP contribution in [0.5, 0.6) is 5.75 Å². The Kier molecular flexibility index (Phi) is 10.6. The zero-order valence-corrected chi connectivity index (χ0v) is 24.4. The largest absolute Gasteiger partial charge is 0.495 e. The van der Waals surface area contributed by atoms with E-state index in [-0.39, 0.29) is 30.4 Å². The molecule has 1 fully saturated rings. The van der Waals surface area contributed by atoms with Crippen molar-refractivity contribution in [3.8, 4) is 5.75 Å². The molecule has 2 atom stereocenters. The summed E-state index contributed by atoms with van der Waals surface area (Å²) >= 11 is 0. The number of para-hydroxylation sites is 1. The normalized spacial score (nSPS) is 15.3. The maximum absolute atomic E-state index is 12.7. The van der Waals surface area contributed by atoms with Gasteiger partial charge in [0.15, 0.2) is 0 Å². The standard InChI is InChI=1S/C33H40N4O5/c1-22-9-7-8-12-27(22)35-33(41)36-28-14-13-26(20-31(28)42-3)29(34-23(2)38)19-24-15-17-37(18-16-24)30(21-32(39)40)25-10-5-4-6-11-25/h4-14,20,24,29-30H,15-19,21H2,1-3H3,(H,34,38)(H,39,40)(H2,35,36,41). The number of hydrogen-bond donors (Lipinski definition) is 4. The number of urea groups is 1. The highest BCUT2D eigenvalue weighted by molar-refractivity contribution is 6.01. The second-order valence-corrected chi connectivity index (χ2v) is 10.8. The van der Waals surface area contributed by atoms with Gasteiger partial charge in [0.05, 0.1) is 25.3 Å². The minimum absolute atomic E-state index is 0.0619. The monoisotopic (exact) mass is 572 g/mol. The summed E-state index contributed by atoms with van der Waals surface area (Å²) in [6, 6.07) is 22.1. The molecule has 222 valence electrons. The number of aryl methyl sites for hydroxylation is 1. The number of carbonyl (C=O) groups is 3. The number of benzene rings is 3. The number of aliphatic carboxylic acids is 1. The summed E-state index contributed by atoms with van der Waals surface area (Å²) in [7, 11) is 1.55. The van der Waals surface area contributed by atoms with Crippen LogP contribution in [0.25, 0.3) is 0 Å². The highest BCUT2D eigenvalue weighted by Crippen LogP contribution is 2.35. The van der Waals surface area contributed by atoms with E-state index in [9.17, 15) is 19.5 Å². The Morgan fingerprint density at radius 1 is 0.929 bits per heavy atom. The van der Waals surface area contributed by atoms with Crippen LogP contribution in [-0.2, 0) is 9.59 Å². The molecule has 42 heavy (non-hydrogen) atoms. The van der Waals surface area contributed by atoms with Gasteiger partial charge in [0, 0.05) is 18.7 Å². The molecular weight excluding hydrogens is 532 g/mol. The Morgan fingerprint density at radius 3 is 2.24 bits per heavy atom. The van der Waals surface area contributed by atoms with Gasteiger partial charge in [0.2, 0.25) is 5.91 Å². The lowest BCUT2D eigenvalue weighted by Gasteiger charge is -2.38. The van der Waals surface area contributed by atoms with E-state index in [1.165, 1.54) is 6.92 Å². The summed E-state index contributed by atoms with van der Waals surface area (Å²) in [5.41, 5.74) is 4.11. The maximum atomic E-state index is 12.7. The highest BCUT2D eigenvalue weighted by Gasteiger charge is 2.29. The van der Waals surface area contributed by atoms with Gasteiger partial charge >= 0.3 is 12.0 Å². The first-order valence-electron chi connectivity index (χ1n) is 14.3. The molecule has 0 spiro atoms. The van der Waals surface area contributed by atoms with Crippen molar-refractivity contribution >= 4 is 29.3 Å². The average Bonchev–Trinajstić information content (AvgIpc) is 2.97. The van der Waals surface area contributed by atoms with Crippen LogP contribution >= 0.6 is 0 Å². The molecule has 0 saturated carbocycles. The van der Waals surface area contributed by atoms with Crippen molar-refractivity contribution in [3.05, 3.63) is 89.5 Å². The van der Waals surface area contributed by atoms with Crippen LogP contribution in [0.15, 0.2) is 72.8 Å². The predicted molar refractivity (Wildman–Crippen MR) is 164 cm³/mol. The van der Waals surface area contributed by atoms with Gasteiger partial charge < -0.3 is 25.8 Å². The third-order valence-electron chi connectivity index (χ3n) is 7.86. The van der Waals surface area contributed by atoms with Crippen molar-refractivity contribution in [2.75, 3.05) is 30.8 Å². The summed E-state index contributed by atoms with van der Waals surface area (Å²) < 4.78 is 5.61. The van der Waals surface area contributed by atoms with E-state index in [1.54, 1.807) is 13.2 Å². The van der Waals surface area contributed by atoms with Crippen molar-refractivity contribution in [1.82, 2.24) is 10.2 Å². The first kappa shape index (κ1) is 30.6. The maximum Gasteiger partial charge on any atom is 0.323 e. The molecule has 1 aliphatic heterocycles. The molecule has 3 amide bonds. The van der Waals surface area contributed by atoms with E-state index < -0.39 is 5.97 Å². The van der Waals surface area contributed by atoms with Gasteiger partial charge in [-0.25, -0.2) is 4.79 Å². The van der Waals surface area contributed by atoms with Crippen LogP contribution in [0, 0.1) is 12.8 Å². The summed E-state index contributed by atoms with van der Waals surface area (Å²) in [6.45, 7) is 5.00. The molecule has 1 saturated heterocycles. The Hall–Kier alpha value is -4.37. The fourth-order valence-corrected chi connectivity index (χ4v) is 5.67. The van der Waals surface area contributed by atoms with Crippen LogP contribution in [0.3, 0.4) is 0 Å². The number of carbonyl (C=O) groups excluding carboxylic acids is 2. The van der Waals surface area contributed by atoms with E-state index in [1.807, 2.05) is 73.7 Å². The molecule has 3 aromatic rings. The lowest BCUT2D eigenvalue weighted by molar-refractivity contribution is -0.138. The van der Waals surface area contributed by atoms with E-state index in [0.717, 1.165) is 54.7 Å². The van der Waals surface area contributed by atoms with E-state index in [4.69, 9.17) is 4.74 Å². The molecule has 4 rings (SSSR count). The Balaban J connectivity index is 1.42. The quantitative estimate of drug-likeness (QED) is 0.219. The van der Waals surface area contributed by atoms with Gasteiger partial charge in [-0.1, -0.05) is 54.6 Å². The first-order valence-corrected chi connectivity index (χ1v) is 14.3. The topological polar surface area (TPSA) is 120 Å². The van der Waals surface area contributed by atoms with Gasteiger partial charge in [-0.15, -0.1) is 0 Å². The van der Waals surface area contributed by atoms with Gasteiger partial charge in [-0.3, -0.25) is 14.5 Å². The van der Waals surface area contributed by atoms with Crippen molar-refractivity contribution in [3.63, 3.8) is 0 Å². The number of nitrogens with one attached hydrogen (secondary N) is 3. The van der Waals surface area contributed by atoms with Crippen molar-refractivity contribution in [1.29, 1.82) is 0 Å². The zero-order valence-electron chi connectivity index (χ0n) is 24.4. The number of hydrogen-bond acceptors (Lipinski definition) is 5. The van der Waals surface area contributed by atoms with E-state index in [0.29, 0.717) is 17.4 Å². The van der Waals surface area contributed by atoms with Crippen molar-refractivity contribution < 1.29 is 24.2 Å². The minimum atomic E-state index is -0.809. The SMILES string of the molecule is COc1cc(C(CC2CCN(C(CC(=O)O)c3ccccc3)CC2)NC(C)=O)ccc1NC(=O)Nc1ccccc1C. The lowest BCUT2D eigenvalue weighted by Crippen LogP contribution is -2.39. The van der Waals surface area contributed by atoms with Gasteiger partial charge in [0.25, 0.3) is 0 Å². The molecule has 1 heterocycles. The number of likely N-dealkylation sites (tertiary alicyclic amines) is 1. The van der Waals surface area contributed by atoms with Crippen molar-refractivity contribution in [2.24, 2.45) is 5.92 Å². The molecule has 1 aliphatic rings. The fraction of sp³-hybridized carbons (Fsp3) is 0.364. The van der Waals surface area contributed by atoms with E-state index >= 15 is 0 Å². The molecule has 0 bridgehead atoms. The molecule has 3 aromatic carbocycles. The van der Waals surface area contributed by atoms with Gasteiger partial charge in [0.1, 0.15) is 5.75 Å². The second-order valence-electron chi connectivity index (χ2n) is 10.8. The summed E-state index contributed by atoms with van der Waals surface area (Å²) in [5.74, 6) is -0.0851. The Bertz CT molecular complexity index is 1370. The molecule has 0 aliphatic carbocycles. The van der Waals surface area contributed by atoms with E-state index in [2.05, 4.69) is 20.9 Å². The number of amides is 3. The third-order valence-corrected chi connectivity index (χ3v) is 7.86. The molecule has 2 unspecified atom stereocenters. The number of carboxylic acids is 1. The Morgan fingerprint density at radius 2 is 1.60 bits per heavy atom.